The third kappa shape index (κ3) is 2.54. The summed E-state index contributed by atoms with van der Waals surface area (Å²) in [6.45, 7) is 1.44. The van der Waals surface area contributed by atoms with E-state index in [-0.39, 0.29) is 6.73 Å². The van der Waals surface area contributed by atoms with Gasteiger partial charge in [0.2, 0.25) is 0 Å². The molecule has 4 heteroatoms. The third-order valence-corrected chi connectivity index (χ3v) is 0.597. The van der Waals surface area contributed by atoms with Crippen molar-refractivity contribution in [3.05, 3.63) is 0 Å². The highest BCUT2D eigenvalue weighted by Gasteiger charge is 2.05. The molecule has 0 aliphatic heterocycles. The molecule has 48 valence electrons. The SMILES string of the molecule is C[C@H](N)C(=O)OCN. The quantitative estimate of drug-likeness (QED) is 0.352. The molecular formula is C4H10N2O2. The van der Waals surface area contributed by atoms with Crippen molar-refractivity contribution in [3.8, 4) is 0 Å². The Labute approximate surface area is 47.8 Å². The van der Waals surface area contributed by atoms with Crippen LogP contribution in [0.1, 0.15) is 6.92 Å². The first-order valence-electron chi connectivity index (χ1n) is 2.30. The van der Waals surface area contributed by atoms with Gasteiger partial charge in [-0.05, 0) is 6.92 Å². The highest BCUT2D eigenvalue weighted by molar-refractivity contribution is 5.74. The smallest absolute Gasteiger partial charge is 0.323 e. The van der Waals surface area contributed by atoms with Crippen molar-refractivity contribution in [2.75, 3.05) is 6.73 Å². The number of rotatable bonds is 2. The first-order chi connectivity index (χ1) is 3.68. The van der Waals surface area contributed by atoms with Crippen LogP contribution in [0, 0.1) is 0 Å². The minimum Gasteiger partial charge on any atom is -0.449 e. The molecule has 0 aliphatic rings. The number of carbonyl (C=O) groups is 1. The van der Waals surface area contributed by atoms with E-state index in [9.17, 15) is 4.79 Å². The largest absolute Gasteiger partial charge is 0.449 e. The summed E-state index contributed by atoms with van der Waals surface area (Å²) >= 11 is 0. The molecule has 0 unspecified atom stereocenters. The Bertz CT molecular complexity index is 82.1. The van der Waals surface area contributed by atoms with Crippen LogP contribution in [0.3, 0.4) is 0 Å². The van der Waals surface area contributed by atoms with Crippen LogP contribution in [0.5, 0.6) is 0 Å². The number of esters is 1. The van der Waals surface area contributed by atoms with Gasteiger partial charge in [-0.15, -0.1) is 0 Å². The average Bonchev–Trinajstić information content (AvgIpc) is 1.67. The molecule has 8 heavy (non-hydrogen) atoms. The minimum absolute atomic E-state index is 0.0969. The molecular weight excluding hydrogens is 108 g/mol. The number of hydrogen-bond donors (Lipinski definition) is 2. The molecule has 0 aromatic rings. The molecule has 4 N–H and O–H groups in total. The number of carbonyl (C=O) groups excluding carboxylic acids is 1. The first-order valence-corrected chi connectivity index (χ1v) is 2.30. The maximum absolute atomic E-state index is 10.3. The molecule has 0 rings (SSSR count). The van der Waals surface area contributed by atoms with Crippen molar-refractivity contribution in [2.24, 2.45) is 11.5 Å². The van der Waals surface area contributed by atoms with Crippen LogP contribution in [0.25, 0.3) is 0 Å². The zero-order valence-electron chi connectivity index (χ0n) is 4.76. The summed E-state index contributed by atoms with van der Waals surface area (Å²) in [5, 5.41) is 0. The van der Waals surface area contributed by atoms with Gasteiger partial charge in [-0.25, -0.2) is 0 Å². The fraction of sp³-hybridized carbons (Fsp3) is 0.750. The summed E-state index contributed by atoms with van der Waals surface area (Å²) in [7, 11) is 0. The predicted molar refractivity (Wildman–Crippen MR) is 28.8 cm³/mol. The lowest BCUT2D eigenvalue weighted by Gasteiger charge is -2.01. The number of ether oxygens (including phenoxy) is 1. The summed E-state index contributed by atoms with van der Waals surface area (Å²) in [5.41, 5.74) is 9.96. The summed E-state index contributed by atoms with van der Waals surface area (Å²) < 4.78 is 4.32. The second-order valence-corrected chi connectivity index (χ2v) is 1.42. The highest BCUT2D eigenvalue weighted by atomic mass is 16.5. The molecule has 0 fully saturated rings. The summed E-state index contributed by atoms with van der Waals surface area (Å²) in [5.74, 6) is -0.465. The molecule has 0 radical (unpaired) electrons. The van der Waals surface area contributed by atoms with E-state index in [0.717, 1.165) is 0 Å². The van der Waals surface area contributed by atoms with Crippen LogP contribution in [0.15, 0.2) is 0 Å². The van der Waals surface area contributed by atoms with Gasteiger partial charge < -0.3 is 10.5 Å². The van der Waals surface area contributed by atoms with E-state index in [1.54, 1.807) is 0 Å². The van der Waals surface area contributed by atoms with Gasteiger partial charge >= 0.3 is 5.97 Å². The second kappa shape index (κ2) is 3.40. The number of nitrogens with two attached hydrogens (primary N) is 2. The van der Waals surface area contributed by atoms with E-state index in [1.807, 2.05) is 0 Å². The van der Waals surface area contributed by atoms with E-state index in [0.29, 0.717) is 0 Å². The topological polar surface area (TPSA) is 78.3 Å². The van der Waals surface area contributed by atoms with Gasteiger partial charge in [0.05, 0.1) is 0 Å². The molecule has 0 amide bonds. The van der Waals surface area contributed by atoms with Crippen LogP contribution in [-0.4, -0.2) is 18.7 Å². The van der Waals surface area contributed by atoms with Crippen LogP contribution < -0.4 is 11.5 Å². The van der Waals surface area contributed by atoms with Crippen LogP contribution in [-0.2, 0) is 9.53 Å². The lowest BCUT2D eigenvalue weighted by molar-refractivity contribution is -0.144. The Hall–Kier alpha value is -0.610. The van der Waals surface area contributed by atoms with Gasteiger partial charge in [0.1, 0.15) is 12.8 Å². The Morgan fingerprint density at radius 2 is 2.38 bits per heavy atom. The van der Waals surface area contributed by atoms with Crippen LogP contribution in [0.4, 0.5) is 0 Å². The molecule has 0 bridgehead atoms. The maximum atomic E-state index is 10.3. The van der Waals surface area contributed by atoms with Crippen molar-refractivity contribution in [2.45, 2.75) is 13.0 Å². The van der Waals surface area contributed by atoms with Gasteiger partial charge in [0, 0.05) is 0 Å². The molecule has 0 saturated carbocycles. The Kier molecular flexibility index (Phi) is 3.14. The predicted octanol–water partition coefficient (Wildman–Crippen LogP) is -1.21. The van der Waals surface area contributed by atoms with Crippen molar-refractivity contribution >= 4 is 5.97 Å². The molecule has 1 atom stereocenters. The Morgan fingerprint density at radius 1 is 1.88 bits per heavy atom. The van der Waals surface area contributed by atoms with Gasteiger partial charge in [-0.2, -0.15) is 0 Å². The van der Waals surface area contributed by atoms with E-state index in [4.69, 9.17) is 11.5 Å². The molecule has 0 heterocycles. The zero-order valence-corrected chi connectivity index (χ0v) is 4.76. The zero-order chi connectivity index (χ0) is 6.57. The maximum Gasteiger partial charge on any atom is 0.323 e. The second-order valence-electron chi connectivity index (χ2n) is 1.42. The van der Waals surface area contributed by atoms with Gasteiger partial charge in [-0.1, -0.05) is 0 Å². The van der Waals surface area contributed by atoms with Crippen LogP contribution >= 0.6 is 0 Å². The van der Waals surface area contributed by atoms with Crippen molar-refractivity contribution < 1.29 is 9.53 Å². The number of hydrogen-bond acceptors (Lipinski definition) is 4. The lowest BCUT2D eigenvalue weighted by Crippen LogP contribution is -2.30. The molecule has 0 aliphatic carbocycles. The average molecular weight is 118 g/mol. The standard InChI is InChI=1S/C4H10N2O2/c1-3(6)4(7)8-2-5/h3H,2,5-6H2,1H3/t3-/m0/s1. The minimum atomic E-state index is -0.571. The molecule has 0 saturated heterocycles. The van der Waals surface area contributed by atoms with E-state index < -0.39 is 12.0 Å². The molecule has 0 aromatic heterocycles. The first kappa shape index (κ1) is 7.39. The van der Waals surface area contributed by atoms with Gasteiger partial charge in [0.15, 0.2) is 0 Å². The molecule has 0 spiro atoms. The summed E-state index contributed by atoms with van der Waals surface area (Å²) in [6, 6.07) is -0.571. The Balaban J connectivity index is 3.33. The fourth-order valence-corrected chi connectivity index (χ4v) is 0.214. The van der Waals surface area contributed by atoms with E-state index in [2.05, 4.69) is 4.74 Å². The fourth-order valence-electron chi connectivity index (χ4n) is 0.214. The monoisotopic (exact) mass is 118 g/mol. The summed E-state index contributed by atoms with van der Waals surface area (Å²) in [6.07, 6.45) is 0. The Morgan fingerprint density at radius 3 is 2.50 bits per heavy atom. The van der Waals surface area contributed by atoms with E-state index in [1.165, 1.54) is 6.92 Å². The summed E-state index contributed by atoms with van der Waals surface area (Å²) in [4.78, 5) is 10.3. The lowest BCUT2D eigenvalue weighted by atomic mass is 10.4. The van der Waals surface area contributed by atoms with E-state index >= 15 is 0 Å². The van der Waals surface area contributed by atoms with Crippen molar-refractivity contribution in [1.82, 2.24) is 0 Å². The third-order valence-electron chi connectivity index (χ3n) is 0.597. The van der Waals surface area contributed by atoms with Gasteiger partial charge in [-0.3, -0.25) is 10.5 Å². The van der Waals surface area contributed by atoms with Gasteiger partial charge in [0.25, 0.3) is 0 Å². The van der Waals surface area contributed by atoms with Crippen LogP contribution in [0.2, 0.25) is 0 Å². The molecule has 4 nitrogen and oxygen atoms in total. The molecule has 0 aromatic carbocycles. The normalized spacial score (nSPS) is 12.9. The highest BCUT2D eigenvalue weighted by Crippen LogP contribution is 1.78. The van der Waals surface area contributed by atoms with Crippen molar-refractivity contribution in [1.29, 1.82) is 0 Å². The van der Waals surface area contributed by atoms with Crippen molar-refractivity contribution in [3.63, 3.8) is 0 Å².